The van der Waals surface area contributed by atoms with Crippen molar-refractivity contribution in [1.29, 1.82) is 0 Å². The van der Waals surface area contributed by atoms with Crippen LogP contribution in [0.15, 0.2) is 123 Å². The van der Waals surface area contributed by atoms with Crippen LogP contribution in [0.4, 0.5) is 0 Å². The van der Waals surface area contributed by atoms with E-state index in [-0.39, 0.29) is 52.0 Å². The van der Waals surface area contributed by atoms with Crippen molar-refractivity contribution in [2.75, 3.05) is 0 Å². The van der Waals surface area contributed by atoms with Crippen molar-refractivity contribution in [1.82, 2.24) is 85.6 Å². The zero-order valence-corrected chi connectivity index (χ0v) is 30.6. The van der Waals surface area contributed by atoms with E-state index in [1.54, 1.807) is 68.9 Å². The van der Waals surface area contributed by atoms with Crippen LogP contribution in [-0.2, 0) is 0 Å². The summed E-state index contributed by atoms with van der Waals surface area (Å²) >= 11 is 0. The molecule has 0 fully saturated rings. The van der Waals surface area contributed by atoms with Crippen LogP contribution >= 0.6 is 0 Å². The Bertz CT molecular complexity index is 1740. The molecule has 0 spiro atoms. The van der Waals surface area contributed by atoms with Crippen molar-refractivity contribution in [3.8, 4) is 0 Å². The number of rotatable bonds is 0. The molecule has 0 bridgehead atoms. The number of aryl methyl sites for hydroxylation is 7. The van der Waals surface area contributed by atoms with Gasteiger partial charge in [0.25, 0.3) is 0 Å². The van der Waals surface area contributed by atoms with E-state index >= 15 is 0 Å². The Morgan fingerprint density at radius 2 is 0.950 bits per heavy atom. The Hall–Kier alpha value is -7.17. The summed E-state index contributed by atoms with van der Waals surface area (Å²) in [5.74, 6) is 0.711. The predicted molar refractivity (Wildman–Crippen MR) is 245 cm³/mol. The summed E-state index contributed by atoms with van der Waals surface area (Å²) in [5.41, 5.74) is 7.56. The lowest BCUT2D eigenvalue weighted by molar-refractivity contribution is 0.907. The van der Waals surface area contributed by atoms with Gasteiger partial charge in [-0.25, -0.2) is 29.9 Å². The number of nitrogens with zero attached hydrogens (tertiary/aromatic N) is 17. The molecule has 0 aliphatic rings. The molecule has 17 nitrogen and oxygen atoms in total. The second kappa shape index (κ2) is 41.5. The molecule has 0 amide bonds. The molecule has 0 radical (unpaired) electrons. The Kier molecular flexibility index (Phi) is 44.7. The van der Waals surface area contributed by atoms with E-state index < -0.39 is 0 Å². The second-order valence-corrected chi connectivity index (χ2v) is 10.2. The summed E-state index contributed by atoms with van der Waals surface area (Å²) in [7, 11) is 0. The Morgan fingerprint density at radius 1 is 0.317 bits per heavy atom. The van der Waals surface area contributed by atoms with E-state index in [0.29, 0.717) is 5.82 Å². The van der Waals surface area contributed by atoms with E-state index in [1.165, 1.54) is 19.0 Å². The molecule has 7 aromatic heterocycles. The average Bonchev–Trinajstić information content (AvgIpc) is 3.18. The number of fused-ring (bicyclic) bond motifs is 1. The van der Waals surface area contributed by atoms with Gasteiger partial charge in [0.2, 0.25) is 0 Å². The number of aromatic nitrogens is 17. The largest absolute Gasteiger partial charge is 0.261 e. The fraction of sp³-hybridized carbons (Fsp3) is 0.326. The van der Waals surface area contributed by atoms with Crippen LogP contribution in [0.1, 0.15) is 92.0 Å². The lowest BCUT2D eigenvalue weighted by Crippen LogP contribution is -1.85. The van der Waals surface area contributed by atoms with Crippen molar-refractivity contribution in [3.63, 3.8) is 0 Å². The molecule has 0 aliphatic heterocycles. The van der Waals surface area contributed by atoms with E-state index in [4.69, 9.17) is 0 Å². The van der Waals surface area contributed by atoms with Gasteiger partial charge in [-0.15, -0.1) is 15.3 Å². The maximum Gasteiger partial charge on any atom is 0.147 e. The molecule has 0 aliphatic carbocycles. The van der Waals surface area contributed by atoms with Crippen molar-refractivity contribution in [3.05, 3.63) is 163 Å². The van der Waals surface area contributed by atoms with Gasteiger partial charge in [0.05, 0.1) is 58.1 Å². The topological polar surface area (TPSA) is 219 Å². The molecule has 0 N–H and O–H groups in total. The first-order chi connectivity index (χ1) is 25.7. The smallest absolute Gasteiger partial charge is 0.147 e. The highest BCUT2D eigenvalue weighted by atomic mass is 15.1. The van der Waals surface area contributed by atoms with Crippen LogP contribution in [0.5, 0.6) is 0 Å². The van der Waals surface area contributed by atoms with Gasteiger partial charge in [0.15, 0.2) is 0 Å². The first kappa shape index (κ1) is 64.7. The molecule has 60 heavy (non-hydrogen) atoms. The van der Waals surface area contributed by atoms with Crippen LogP contribution in [0.2, 0.25) is 0 Å². The van der Waals surface area contributed by atoms with Gasteiger partial charge >= 0.3 is 0 Å². The van der Waals surface area contributed by atoms with Crippen molar-refractivity contribution >= 4 is 11.0 Å². The fourth-order valence-corrected chi connectivity index (χ4v) is 3.08. The normalized spacial score (nSPS) is 7.98. The molecule has 7 heterocycles. The zero-order chi connectivity index (χ0) is 38.4. The third kappa shape index (κ3) is 34.1. The molecule has 326 valence electrons. The van der Waals surface area contributed by atoms with Gasteiger partial charge in [-0.2, -0.15) is 25.5 Å². The highest BCUT2D eigenvalue weighted by Crippen LogP contribution is 2.07. The van der Waals surface area contributed by atoms with Gasteiger partial charge in [-0.1, -0.05) is 64.1 Å². The van der Waals surface area contributed by atoms with Crippen LogP contribution < -0.4 is 0 Å². The molecule has 8 rings (SSSR count). The maximum absolute atomic E-state index is 4.31. The SMILES string of the molecule is C.C.C.C.C.C.C.Cc1cccnn1.Cc1ccncn1.Cc1cnc2ccccc2n1.Cc1cnccn1.Cc1cncnn1.Cc1cnncn1.Cc1nccnn1. The minimum Gasteiger partial charge on any atom is -0.261 e. The lowest BCUT2D eigenvalue weighted by Gasteiger charge is -1.95. The van der Waals surface area contributed by atoms with Crippen LogP contribution in [-0.4, -0.2) is 85.6 Å². The first-order valence-corrected chi connectivity index (χ1v) is 15.9. The quantitative estimate of drug-likeness (QED) is 0.139. The molecular weight excluding hydrogens is 755 g/mol. The molecule has 8 aromatic rings. The minimum atomic E-state index is 0. The Balaban J connectivity index is -0.000000140. The second-order valence-electron chi connectivity index (χ2n) is 10.2. The van der Waals surface area contributed by atoms with Crippen molar-refractivity contribution in [2.24, 2.45) is 0 Å². The minimum absolute atomic E-state index is 0. The Labute approximate surface area is 359 Å². The molecule has 0 saturated heterocycles. The summed E-state index contributed by atoms with van der Waals surface area (Å²) in [6, 6.07) is 13.5. The lowest BCUT2D eigenvalue weighted by atomic mass is 10.3. The average molecular weight is 824 g/mol. The highest BCUT2D eigenvalue weighted by Gasteiger charge is 1.92. The summed E-state index contributed by atoms with van der Waals surface area (Å²) in [6.45, 7) is 13.2. The van der Waals surface area contributed by atoms with Gasteiger partial charge in [-0.3, -0.25) is 15.0 Å². The summed E-state index contributed by atoms with van der Waals surface area (Å²) in [4.78, 5) is 35.2. The number of hydrogen-bond donors (Lipinski definition) is 0. The third-order valence-electron chi connectivity index (χ3n) is 5.51. The van der Waals surface area contributed by atoms with E-state index in [0.717, 1.165) is 45.2 Å². The monoisotopic (exact) mass is 824 g/mol. The number of benzene rings is 1. The van der Waals surface area contributed by atoms with Gasteiger partial charge < -0.3 is 0 Å². The number of para-hydroxylation sites is 2. The molecular formula is C43H69N17. The van der Waals surface area contributed by atoms with Gasteiger partial charge in [0, 0.05) is 49.1 Å². The summed E-state index contributed by atoms with van der Waals surface area (Å²) in [5, 5.41) is 28.8. The molecule has 0 saturated carbocycles. The van der Waals surface area contributed by atoms with E-state index in [1.807, 2.05) is 84.0 Å². The van der Waals surface area contributed by atoms with Gasteiger partial charge in [-0.05, 0) is 78.8 Å². The first-order valence-electron chi connectivity index (χ1n) is 15.9. The predicted octanol–water partition coefficient (Wildman–Crippen LogP) is 9.29. The summed E-state index contributed by atoms with van der Waals surface area (Å²) < 4.78 is 0. The number of hydrogen-bond acceptors (Lipinski definition) is 17. The van der Waals surface area contributed by atoms with Crippen LogP contribution in [0, 0.1) is 48.5 Å². The van der Waals surface area contributed by atoms with E-state index in [9.17, 15) is 0 Å². The highest BCUT2D eigenvalue weighted by molar-refractivity contribution is 5.73. The summed E-state index contributed by atoms with van der Waals surface area (Å²) in [6.07, 6.45) is 21.0. The molecule has 0 atom stereocenters. The Morgan fingerprint density at radius 3 is 1.30 bits per heavy atom. The molecule has 0 unspecified atom stereocenters. The van der Waals surface area contributed by atoms with Crippen molar-refractivity contribution in [2.45, 2.75) is 100 Å². The molecule has 17 heteroatoms. The standard InChI is InChI=1S/C9H8N2.3C5H6N2.3C4H5N3.7CH4/c1-7-6-10-8-4-2-3-5-9(8)11-7;1-5-4-6-2-3-7-5;1-5-2-3-6-4-7-5;1-5-3-2-4-6-7-5;1-4-2-6-7-3-5-4;1-4-2-5-3-6-7-4;1-4-5-2-3-6-7-4;;;;;;;/h2-6H,1H3;3*2-4H,1H3;3*2-3H,1H3;7*1H4. The van der Waals surface area contributed by atoms with Crippen LogP contribution in [0.25, 0.3) is 11.0 Å². The maximum atomic E-state index is 4.31. The van der Waals surface area contributed by atoms with Gasteiger partial charge in [0.1, 0.15) is 24.8 Å². The van der Waals surface area contributed by atoms with Crippen molar-refractivity contribution < 1.29 is 0 Å². The van der Waals surface area contributed by atoms with E-state index in [2.05, 4.69) is 85.6 Å². The fourth-order valence-electron chi connectivity index (χ4n) is 3.08. The van der Waals surface area contributed by atoms with Crippen LogP contribution in [0.3, 0.4) is 0 Å². The molecule has 1 aromatic carbocycles. The zero-order valence-electron chi connectivity index (χ0n) is 30.6. The third-order valence-corrected chi connectivity index (χ3v) is 5.51.